The lowest BCUT2D eigenvalue weighted by Gasteiger charge is -2.33. The van der Waals surface area contributed by atoms with Gasteiger partial charge in [-0.1, -0.05) is 0 Å². The number of ether oxygens (including phenoxy) is 1. The van der Waals surface area contributed by atoms with E-state index in [9.17, 15) is 4.79 Å². The molecule has 4 rings (SSSR count). The van der Waals surface area contributed by atoms with Gasteiger partial charge < -0.3 is 9.64 Å². The van der Waals surface area contributed by atoms with E-state index in [4.69, 9.17) is 4.74 Å². The molecule has 2 aromatic rings. The normalized spacial score (nSPS) is 21.4. The van der Waals surface area contributed by atoms with Crippen molar-refractivity contribution in [3.8, 4) is 11.1 Å². The van der Waals surface area contributed by atoms with E-state index in [2.05, 4.69) is 15.0 Å². The highest BCUT2D eigenvalue weighted by Crippen LogP contribution is 2.33. The standard InChI is InChI=1S/C19H22N4O2/c24-19(17-2-1-11-25-17)23-9-5-15(6-10-23)18-16(12-21-13-22-18)14-3-7-20-8-4-14/h3-4,7-8,12-13,15,17H,1-2,5-6,9-11H2. The zero-order chi connectivity index (χ0) is 17.1. The first-order valence-corrected chi connectivity index (χ1v) is 8.93. The van der Waals surface area contributed by atoms with Crippen molar-refractivity contribution < 1.29 is 9.53 Å². The Kier molecular flexibility index (Phi) is 4.70. The van der Waals surface area contributed by atoms with Gasteiger partial charge in [0.25, 0.3) is 5.91 Å². The van der Waals surface area contributed by atoms with E-state index in [1.165, 1.54) is 0 Å². The van der Waals surface area contributed by atoms with Crippen LogP contribution in [0.4, 0.5) is 0 Å². The van der Waals surface area contributed by atoms with Crippen LogP contribution in [0.15, 0.2) is 37.1 Å². The predicted octanol–water partition coefficient (Wildman–Crippen LogP) is 2.42. The largest absolute Gasteiger partial charge is 0.368 e. The van der Waals surface area contributed by atoms with Crippen LogP contribution in [-0.4, -0.2) is 51.6 Å². The number of carbonyl (C=O) groups is 1. The van der Waals surface area contributed by atoms with Gasteiger partial charge in [0.1, 0.15) is 12.4 Å². The number of carbonyl (C=O) groups excluding carboxylic acids is 1. The maximum atomic E-state index is 12.5. The number of hydrogen-bond donors (Lipinski definition) is 0. The Labute approximate surface area is 147 Å². The molecular formula is C19H22N4O2. The zero-order valence-corrected chi connectivity index (χ0v) is 14.2. The number of pyridine rings is 1. The van der Waals surface area contributed by atoms with Gasteiger partial charge >= 0.3 is 0 Å². The van der Waals surface area contributed by atoms with E-state index in [0.717, 1.165) is 55.6 Å². The first-order chi connectivity index (χ1) is 12.3. The molecule has 0 N–H and O–H groups in total. The summed E-state index contributed by atoms with van der Waals surface area (Å²) in [7, 11) is 0. The fourth-order valence-corrected chi connectivity index (χ4v) is 3.77. The van der Waals surface area contributed by atoms with Crippen molar-refractivity contribution in [3.63, 3.8) is 0 Å². The minimum Gasteiger partial charge on any atom is -0.368 e. The predicted molar refractivity (Wildman–Crippen MR) is 92.8 cm³/mol. The number of likely N-dealkylation sites (tertiary alicyclic amines) is 1. The maximum Gasteiger partial charge on any atom is 0.251 e. The Bertz CT molecular complexity index is 723. The van der Waals surface area contributed by atoms with Gasteiger partial charge in [0, 0.05) is 49.8 Å². The van der Waals surface area contributed by atoms with E-state index in [0.29, 0.717) is 12.5 Å². The summed E-state index contributed by atoms with van der Waals surface area (Å²) in [6.07, 6.45) is 10.5. The van der Waals surface area contributed by atoms with E-state index in [1.807, 2.05) is 23.2 Å². The third-order valence-electron chi connectivity index (χ3n) is 5.13. The molecule has 0 bridgehead atoms. The van der Waals surface area contributed by atoms with Gasteiger partial charge in [-0.3, -0.25) is 9.78 Å². The Morgan fingerprint density at radius 3 is 2.64 bits per heavy atom. The van der Waals surface area contributed by atoms with Crippen LogP contribution in [0.2, 0.25) is 0 Å². The van der Waals surface area contributed by atoms with Crippen molar-refractivity contribution in [2.45, 2.75) is 37.7 Å². The summed E-state index contributed by atoms with van der Waals surface area (Å²) in [4.78, 5) is 27.3. The van der Waals surface area contributed by atoms with Crippen LogP contribution in [-0.2, 0) is 9.53 Å². The Morgan fingerprint density at radius 1 is 1.12 bits per heavy atom. The van der Waals surface area contributed by atoms with Gasteiger partial charge in [-0.25, -0.2) is 9.97 Å². The van der Waals surface area contributed by atoms with Crippen LogP contribution >= 0.6 is 0 Å². The molecule has 130 valence electrons. The molecule has 4 heterocycles. The molecule has 2 fully saturated rings. The number of hydrogen-bond acceptors (Lipinski definition) is 5. The molecule has 6 nitrogen and oxygen atoms in total. The van der Waals surface area contributed by atoms with Crippen LogP contribution in [0.5, 0.6) is 0 Å². The molecule has 0 spiro atoms. The van der Waals surface area contributed by atoms with Crippen molar-refractivity contribution in [2.24, 2.45) is 0 Å². The van der Waals surface area contributed by atoms with Crippen molar-refractivity contribution in [1.82, 2.24) is 19.9 Å². The third-order valence-corrected chi connectivity index (χ3v) is 5.13. The Morgan fingerprint density at radius 2 is 1.92 bits per heavy atom. The molecule has 0 saturated carbocycles. The van der Waals surface area contributed by atoms with E-state index in [-0.39, 0.29) is 12.0 Å². The molecule has 1 unspecified atom stereocenters. The second-order valence-electron chi connectivity index (χ2n) is 6.66. The molecule has 6 heteroatoms. The molecule has 2 saturated heterocycles. The summed E-state index contributed by atoms with van der Waals surface area (Å²) in [6.45, 7) is 2.25. The molecule has 0 radical (unpaired) electrons. The number of rotatable bonds is 3. The highest BCUT2D eigenvalue weighted by Gasteiger charge is 2.32. The topological polar surface area (TPSA) is 68.2 Å². The molecule has 25 heavy (non-hydrogen) atoms. The molecule has 1 amide bonds. The second-order valence-corrected chi connectivity index (χ2v) is 6.66. The molecular weight excluding hydrogens is 316 g/mol. The summed E-state index contributed by atoms with van der Waals surface area (Å²) in [5.41, 5.74) is 3.22. The minimum atomic E-state index is -0.219. The SMILES string of the molecule is O=C(C1CCCO1)N1CCC(c2ncncc2-c2ccncc2)CC1. The summed E-state index contributed by atoms with van der Waals surface area (Å²) in [5, 5.41) is 0. The summed E-state index contributed by atoms with van der Waals surface area (Å²) < 4.78 is 5.54. The van der Waals surface area contributed by atoms with E-state index < -0.39 is 0 Å². The second kappa shape index (κ2) is 7.27. The first kappa shape index (κ1) is 16.1. The zero-order valence-electron chi connectivity index (χ0n) is 14.2. The van der Waals surface area contributed by atoms with E-state index in [1.54, 1.807) is 18.7 Å². The monoisotopic (exact) mass is 338 g/mol. The minimum absolute atomic E-state index is 0.160. The van der Waals surface area contributed by atoms with Crippen LogP contribution in [0.1, 0.15) is 37.3 Å². The van der Waals surface area contributed by atoms with Crippen molar-refractivity contribution in [3.05, 3.63) is 42.7 Å². The highest BCUT2D eigenvalue weighted by molar-refractivity contribution is 5.81. The van der Waals surface area contributed by atoms with Gasteiger partial charge in [0.05, 0.1) is 5.69 Å². The number of nitrogens with zero attached hydrogens (tertiary/aromatic N) is 4. The van der Waals surface area contributed by atoms with Crippen molar-refractivity contribution in [2.75, 3.05) is 19.7 Å². The van der Waals surface area contributed by atoms with E-state index >= 15 is 0 Å². The van der Waals surface area contributed by atoms with Crippen LogP contribution in [0.3, 0.4) is 0 Å². The molecule has 1 atom stereocenters. The first-order valence-electron chi connectivity index (χ1n) is 8.93. The number of piperidine rings is 1. The molecule has 2 aliphatic rings. The third kappa shape index (κ3) is 3.39. The Balaban J connectivity index is 1.47. The maximum absolute atomic E-state index is 12.5. The highest BCUT2D eigenvalue weighted by atomic mass is 16.5. The van der Waals surface area contributed by atoms with Gasteiger partial charge in [-0.2, -0.15) is 0 Å². The van der Waals surface area contributed by atoms with Crippen LogP contribution in [0.25, 0.3) is 11.1 Å². The molecule has 0 aliphatic carbocycles. The fourth-order valence-electron chi connectivity index (χ4n) is 3.77. The Hall–Kier alpha value is -2.34. The molecule has 2 aliphatic heterocycles. The van der Waals surface area contributed by atoms with Gasteiger partial charge in [0.15, 0.2) is 0 Å². The number of amides is 1. The van der Waals surface area contributed by atoms with Gasteiger partial charge in [0.2, 0.25) is 0 Å². The number of aromatic nitrogens is 3. The molecule has 0 aromatic carbocycles. The molecule has 2 aromatic heterocycles. The lowest BCUT2D eigenvalue weighted by atomic mass is 9.89. The van der Waals surface area contributed by atoms with Crippen molar-refractivity contribution >= 4 is 5.91 Å². The van der Waals surface area contributed by atoms with Gasteiger partial charge in [-0.15, -0.1) is 0 Å². The smallest absolute Gasteiger partial charge is 0.251 e. The average molecular weight is 338 g/mol. The summed E-state index contributed by atoms with van der Waals surface area (Å²) >= 11 is 0. The lowest BCUT2D eigenvalue weighted by Crippen LogP contribution is -2.43. The van der Waals surface area contributed by atoms with Crippen molar-refractivity contribution in [1.29, 1.82) is 0 Å². The quantitative estimate of drug-likeness (QED) is 0.860. The van der Waals surface area contributed by atoms with Gasteiger partial charge in [-0.05, 0) is 43.4 Å². The average Bonchev–Trinajstić information content (AvgIpc) is 3.23. The fraction of sp³-hybridized carbons (Fsp3) is 0.474. The van der Waals surface area contributed by atoms with Crippen LogP contribution < -0.4 is 0 Å². The summed E-state index contributed by atoms with van der Waals surface area (Å²) in [5.74, 6) is 0.507. The van der Waals surface area contributed by atoms with Crippen LogP contribution in [0, 0.1) is 0 Å². The summed E-state index contributed by atoms with van der Waals surface area (Å²) in [6, 6.07) is 3.97. The lowest BCUT2D eigenvalue weighted by molar-refractivity contribution is -0.142.